The number of nitrogens with zero attached hydrogens (tertiary/aromatic N) is 4. The molecule has 32 heteroatoms. The number of fused-ring (bicyclic) bond motifs is 3. The van der Waals surface area contributed by atoms with Crippen molar-refractivity contribution >= 4 is 116 Å². The van der Waals surface area contributed by atoms with Crippen molar-refractivity contribution < 1.29 is 98.2 Å². The minimum Gasteiger partial charge on any atom is -0.507 e. The van der Waals surface area contributed by atoms with Gasteiger partial charge in [0.25, 0.3) is 60.7 Å². The Morgan fingerprint density at radius 3 is 1.19 bits per heavy atom. The van der Waals surface area contributed by atoms with Gasteiger partial charge in [0.2, 0.25) is 0 Å². The second-order valence-electron chi connectivity index (χ2n) is 12.9. The molecule has 6 aromatic carbocycles. The van der Waals surface area contributed by atoms with Gasteiger partial charge in [-0.05, 0) is 77.2 Å². The first-order valence-electron chi connectivity index (χ1n) is 16.0. The fraction of sp³-hybridized carbons (Fsp3) is 0.0323. The summed E-state index contributed by atoms with van der Waals surface area (Å²) >= 11 is 0. The van der Waals surface area contributed by atoms with E-state index < -0.39 is 163 Å². The van der Waals surface area contributed by atoms with Crippen LogP contribution in [0.5, 0.6) is 23.0 Å². The second-order valence-corrected chi connectivity index (χ2v) is 21.3. The molecule has 334 valence electrons. The van der Waals surface area contributed by atoms with E-state index in [4.69, 9.17) is 0 Å². The van der Waals surface area contributed by atoms with E-state index >= 15 is 0 Å². The number of phenols is 4. The molecule has 0 radical (unpaired) electrons. The van der Waals surface area contributed by atoms with E-state index in [1.54, 1.807) is 0 Å². The highest BCUT2D eigenvalue weighted by Gasteiger charge is 2.29. The zero-order valence-electron chi connectivity index (χ0n) is 30.3. The molecule has 0 saturated heterocycles. The maximum Gasteiger partial charge on any atom is 0.298 e. The van der Waals surface area contributed by atoms with E-state index in [1.165, 1.54) is 0 Å². The Morgan fingerprint density at radius 2 is 0.730 bits per heavy atom. The van der Waals surface area contributed by atoms with Crippen LogP contribution in [0, 0.1) is 6.92 Å². The molecule has 0 aliphatic carbocycles. The van der Waals surface area contributed by atoms with Gasteiger partial charge < -0.3 is 20.4 Å². The predicted octanol–water partition coefficient (Wildman–Crippen LogP) is 4.59. The molecule has 0 amide bonds. The first-order valence-corrected chi connectivity index (χ1v) is 24.6. The van der Waals surface area contributed by atoms with E-state index in [0.29, 0.717) is 48.5 Å². The Balaban J connectivity index is 1.71. The number of azo groups is 2. The normalized spacial score (nSPS) is 13.6. The van der Waals surface area contributed by atoms with Gasteiger partial charge in [0.05, 0.1) is 31.1 Å². The standard InChI is InChI=1S/C31H22N4O22S6/c1-11-2-15(58(40,41)42)3-12-8-22(63(55,56)57)29(37)28(23(11)12)35-34-26-20(61(49,50)51)6-13-4-16(59(43,44)45)9-18(24(13)30(26)38)32-33-27-21(62(52,53)54)7-14-5-17(60(46,47)48)10-19(36)25(14)31(27)39/h2-10,36-39H,1H3,(H,40,41,42)(H,43,44,45)(H,46,47,48)(H,49,50,51)(H,52,53,54)(H,55,56,57)/b33-32?,35-34+. The Hall–Kier alpha value is -6.04. The van der Waals surface area contributed by atoms with Gasteiger partial charge in [-0.1, -0.05) is 0 Å². The molecular weight excluding hydrogens is 973 g/mol. The maximum absolute atomic E-state index is 12.7. The van der Waals surface area contributed by atoms with E-state index in [0.717, 1.165) is 13.0 Å². The maximum atomic E-state index is 12.7. The number of benzene rings is 6. The first kappa shape index (κ1) is 46.5. The smallest absolute Gasteiger partial charge is 0.298 e. The second kappa shape index (κ2) is 15.1. The quantitative estimate of drug-likeness (QED) is 0.0662. The summed E-state index contributed by atoms with van der Waals surface area (Å²) in [6.07, 6.45) is 0. The Labute approximate surface area is 352 Å². The Kier molecular flexibility index (Phi) is 11.1. The summed E-state index contributed by atoms with van der Waals surface area (Å²) in [5.74, 6) is -5.38. The SMILES string of the molecule is Cc1cc(S(=O)(=O)O)cc2cc(S(=O)(=O)O)c(O)c(/N=N/c3c(S(=O)(=O)O)cc4cc(S(=O)(=O)O)cc(N=Nc5c(S(=O)(=O)O)cc6cc(S(=O)(=O)O)cc(O)c6c5O)c4c3O)c12. The van der Waals surface area contributed by atoms with E-state index in [1.807, 2.05) is 0 Å². The van der Waals surface area contributed by atoms with Crippen molar-refractivity contribution in [1.29, 1.82) is 0 Å². The number of aromatic hydroxyl groups is 4. The lowest BCUT2D eigenvalue weighted by Crippen LogP contribution is -2.02. The summed E-state index contributed by atoms with van der Waals surface area (Å²) in [7, 11) is -32.0. The molecule has 0 bridgehead atoms. The summed E-state index contributed by atoms with van der Waals surface area (Å²) in [5, 5.41) is 54.5. The molecule has 0 unspecified atom stereocenters. The lowest BCUT2D eigenvalue weighted by atomic mass is 10.0. The van der Waals surface area contributed by atoms with Gasteiger partial charge in [-0.25, -0.2) is 0 Å². The number of rotatable bonds is 10. The van der Waals surface area contributed by atoms with Gasteiger partial charge in [0.15, 0.2) is 17.2 Å². The van der Waals surface area contributed by atoms with Crippen LogP contribution in [-0.2, 0) is 60.7 Å². The number of hydrogen-bond donors (Lipinski definition) is 10. The number of aryl methyl sites for hydroxylation is 1. The van der Waals surface area contributed by atoms with Crippen molar-refractivity contribution in [3.8, 4) is 23.0 Å². The molecule has 0 heterocycles. The van der Waals surface area contributed by atoms with Crippen molar-refractivity contribution in [2.75, 3.05) is 0 Å². The number of phenolic OH excluding ortho intramolecular Hbond substituents is 4. The largest absolute Gasteiger partial charge is 0.507 e. The van der Waals surface area contributed by atoms with Crippen LogP contribution in [0.3, 0.4) is 0 Å². The van der Waals surface area contributed by atoms with E-state index in [-0.39, 0.29) is 10.9 Å². The van der Waals surface area contributed by atoms with E-state index in [9.17, 15) is 98.2 Å². The third-order valence-electron chi connectivity index (χ3n) is 8.76. The van der Waals surface area contributed by atoms with Crippen molar-refractivity contribution in [3.63, 3.8) is 0 Å². The lowest BCUT2D eigenvalue weighted by Gasteiger charge is -2.14. The van der Waals surface area contributed by atoms with Crippen LogP contribution in [0.4, 0.5) is 22.7 Å². The third-order valence-corrected chi connectivity index (χ3v) is 13.9. The predicted molar refractivity (Wildman–Crippen MR) is 210 cm³/mol. The van der Waals surface area contributed by atoms with Crippen LogP contribution in [0.1, 0.15) is 5.56 Å². The molecular formula is C31H22N4O22S6. The van der Waals surface area contributed by atoms with Crippen LogP contribution >= 0.6 is 0 Å². The van der Waals surface area contributed by atoms with Crippen molar-refractivity contribution in [1.82, 2.24) is 0 Å². The molecule has 6 rings (SSSR count). The zero-order valence-corrected chi connectivity index (χ0v) is 35.2. The highest BCUT2D eigenvalue weighted by atomic mass is 32.2. The minimum absolute atomic E-state index is 0.196. The minimum atomic E-state index is -5.62. The monoisotopic (exact) mass is 994 g/mol. The van der Waals surface area contributed by atoms with Crippen molar-refractivity contribution in [2.24, 2.45) is 20.5 Å². The molecule has 0 aromatic heterocycles. The summed E-state index contributed by atoms with van der Waals surface area (Å²) in [5.41, 5.74) is -4.83. The molecule has 26 nitrogen and oxygen atoms in total. The summed E-state index contributed by atoms with van der Waals surface area (Å²) < 4.78 is 205. The topological polar surface area (TPSA) is 457 Å². The van der Waals surface area contributed by atoms with Crippen LogP contribution in [0.15, 0.2) is 104 Å². The molecule has 63 heavy (non-hydrogen) atoms. The van der Waals surface area contributed by atoms with Gasteiger partial charge in [0.1, 0.15) is 37.5 Å². The molecule has 0 fully saturated rings. The fourth-order valence-electron chi connectivity index (χ4n) is 6.15. The molecule has 0 aliphatic heterocycles. The van der Waals surface area contributed by atoms with Crippen LogP contribution < -0.4 is 0 Å². The van der Waals surface area contributed by atoms with Gasteiger partial charge in [-0.2, -0.15) is 50.5 Å². The molecule has 0 spiro atoms. The summed E-state index contributed by atoms with van der Waals surface area (Å²) in [6, 6.07) is 4.74. The number of hydrogen-bond acceptors (Lipinski definition) is 20. The Morgan fingerprint density at radius 1 is 0.365 bits per heavy atom. The van der Waals surface area contributed by atoms with E-state index in [2.05, 4.69) is 20.5 Å². The van der Waals surface area contributed by atoms with Gasteiger partial charge in [0, 0.05) is 11.5 Å². The van der Waals surface area contributed by atoms with Crippen LogP contribution in [0.2, 0.25) is 0 Å². The zero-order chi connectivity index (χ0) is 47.3. The fourth-order valence-corrected chi connectivity index (χ4v) is 9.76. The van der Waals surface area contributed by atoms with Gasteiger partial charge >= 0.3 is 0 Å². The highest BCUT2D eigenvalue weighted by molar-refractivity contribution is 7.87. The average molecular weight is 995 g/mol. The Bertz CT molecular complexity index is 3840. The first-order chi connectivity index (χ1) is 28.6. The van der Waals surface area contributed by atoms with Crippen LogP contribution in [0.25, 0.3) is 32.3 Å². The molecule has 10 N–H and O–H groups in total. The molecule has 0 aliphatic rings. The molecule has 6 aromatic rings. The lowest BCUT2D eigenvalue weighted by molar-refractivity contribution is 0.444. The highest BCUT2D eigenvalue weighted by Crippen LogP contribution is 2.50. The summed E-state index contributed by atoms with van der Waals surface area (Å²) in [4.78, 5) is -7.17. The summed E-state index contributed by atoms with van der Waals surface area (Å²) in [6.45, 7) is 1.16. The van der Waals surface area contributed by atoms with Crippen molar-refractivity contribution in [2.45, 2.75) is 36.3 Å². The molecule has 0 atom stereocenters. The van der Waals surface area contributed by atoms with Crippen LogP contribution in [-0.4, -0.2) is 98.2 Å². The average Bonchev–Trinajstić information content (AvgIpc) is 3.11. The van der Waals surface area contributed by atoms with Gasteiger partial charge in [-0.15, -0.1) is 20.5 Å². The molecule has 0 saturated carbocycles. The van der Waals surface area contributed by atoms with Crippen molar-refractivity contribution in [3.05, 3.63) is 60.2 Å². The third kappa shape index (κ3) is 8.81. The van der Waals surface area contributed by atoms with Gasteiger partial charge in [-0.3, -0.25) is 27.3 Å².